The number of carboxylic acid groups (broad SMARTS) is 1. The lowest BCUT2D eigenvalue weighted by atomic mass is 9.98. The first-order valence-electron chi connectivity index (χ1n) is 8.76. The Bertz CT molecular complexity index is 838. The zero-order valence-electron chi connectivity index (χ0n) is 14.7. The predicted molar refractivity (Wildman–Crippen MR) is 96.2 cm³/mol. The molecule has 0 aliphatic carbocycles. The fraction of sp³-hybridized carbons (Fsp3) is 0.500. The van der Waals surface area contributed by atoms with Crippen LogP contribution in [0.1, 0.15) is 36.8 Å². The highest BCUT2D eigenvalue weighted by Crippen LogP contribution is 2.28. The molecule has 1 aromatic carbocycles. The second kappa shape index (κ2) is 7.46. The number of carbonyl (C=O) groups is 1. The summed E-state index contributed by atoms with van der Waals surface area (Å²) in [5.41, 5.74) is 2.42. The van der Waals surface area contributed by atoms with Crippen LogP contribution in [0.25, 0.3) is 5.57 Å². The highest BCUT2D eigenvalue weighted by Gasteiger charge is 2.40. The number of rotatable bonds is 4. The summed E-state index contributed by atoms with van der Waals surface area (Å²) in [6.45, 7) is 2.41. The third-order valence-corrected chi connectivity index (χ3v) is 7.08. The first kappa shape index (κ1) is 19.0. The first-order valence-corrected chi connectivity index (χ1v) is 10.2. The maximum atomic E-state index is 13.4. The van der Waals surface area contributed by atoms with Crippen LogP contribution in [0.2, 0.25) is 0 Å². The Kier molecular flexibility index (Phi) is 5.45. The number of benzene rings is 1. The van der Waals surface area contributed by atoms with Crippen molar-refractivity contribution in [2.24, 2.45) is 0 Å². The fourth-order valence-corrected chi connectivity index (χ4v) is 5.30. The summed E-state index contributed by atoms with van der Waals surface area (Å²) in [4.78, 5) is 11.4. The fourth-order valence-electron chi connectivity index (χ4n) is 3.54. The van der Waals surface area contributed by atoms with Crippen LogP contribution in [0.5, 0.6) is 0 Å². The number of hydrogen-bond donors (Lipinski definition) is 1. The van der Waals surface area contributed by atoms with Crippen molar-refractivity contribution in [1.29, 1.82) is 0 Å². The number of aliphatic carboxylic acids is 1. The second-order valence-corrected chi connectivity index (χ2v) is 8.65. The van der Waals surface area contributed by atoms with E-state index in [9.17, 15) is 22.7 Å². The number of nitrogens with zero attached hydrogens (tertiary/aromatic N) is 2. The van der Waals surface area contributed by atoms with Gasteiger partial charge in [-0.05, 0) is 61.4 Å². The molecule has 1 fully saturated rings. The van der Waals surface area contributed by atoms with Crippen molar-refractivity contribution in [3.63, 3.8) is 0 Å². The molecular formula is C18H23FN2O4S. The zero-order valence-corrected chi connectivity index (χ0v) is 15.5. The van der Waals surface area contributed by atoms with Crippen LogP contribution in [-0.2, 0) is 15.0 Å². The van der Waals surface area contributed by atoms with Gasteiger partial charge in [-0.1, -0.05) is 12.1 Å². The lowest BCUT2D eigenvalue weighted by molar-refractivity contribution is -0.142. The number of aryl methyl sites for hydroxylation is 1. The Hall–Kier alpha value is -1.77. The van der Waals surface area contributed by atoms with Crippen molar-refractivity contribution >= 4 is 21.8 Å². The van der Waals surface area contributed by atoms with Crippen molar-refractivity contribution < 1.29 is 22.7 Å². The molecule has 3 rings (SSSR count). The lowest BCUT2D eigenvalue weighted by Crippen LogP contribution is -2.54. The average Bonchev–Trinajstić information content (AvgIpc) is 2.64. The van der Waals surface area contributed by atoms with E-state index in [0.29, 0.717) is 24.8 Å². The molecule has 0 spiro atoms. The molecule has 0 saturated carbocycles. The third-order valence-electron chi connectivity index (χ3n) is 5.06. The van der Waals surface area contributed by atoms with Gasteiger partial charge in [-0.15, -0.1) is 0 Å². The largest absolute Gasteiger partial charge is 0.480 e. The minimum Gasteiger partial charge on any atom is -0.480 e. The molecule has 8 heteroatoms. The molecule has 0 bridgehead atoms. The standard InChI is InChI=1S/C18H23FN2O4S/c1-13-12-15(5-6-16(13)19)14-7-10-20(11-8-14)26(24,25)21-9-3-2-4-17(21)18(22)23/h5-7,12,17H,2-4,8-11H2,1H3,(H,22,23). The van der Waals surface area contributed by atoms with Gasteiger partial charge in [0, 0.05) is 19.6 Å². The minimum absolute atomic E-state index is 0.191. The van der Waals surface area contributed by atoms with Gasteiger partial charge in [0.1, 0.15) is 11.9 Å². The van der Waals surface area contributed by atoms with E-state index in [1.54, 1.807) is 19.1 Å². The van der Waals surface area contributed by atoms with Gasteiger partial charge in [0.15, 0.2) is 0 Å². The quantitative estimate of drug-likeness (QED) is 0.867. The van der Waals surface area contributed by atoms with Gasteiger partial charge in [0.25, 0.3) is 10.2 Å². The van der Waals surface area contributed by atoms with E-state index in [0.717, 1.165) is 21.9 Å². The van der Waals surface area contributed by atoms with Gasteiger partial charge in [-0.2, -0.15) is 17.0 Å². The average molecular weight is 382 g/mol. The molecule has 0 radical (unpaired) electrons. The predicted octanol–water partition coefficient (Wildman–Crippen LogP) is 2.41. The van der Waals surface area contributed by atoms with Gasteiger partial charge < -0.3 is 5.11 Å². The van der Waals surface area contributed by atoms with E-state index < -0.39 is 22.2 Å². The van der Waals surface area contributed by atoms with Crippen LogP contribution in [-0.4, -0.2) is 53.8 Å². The monoisotopic (exact) mass is 382 g/mol. The van der Waals surface area contributed by atoms with Crippen LogP contribution in [0.3, 0.4) is 0 Å². The molecule has 2 aliphatic heterocycles. The Balaban J connectivity index is 1.78. The van der Waals surface area contributed by atoms with Crippen molar-refractivity contribution in [2.45, 2.75) is 38.6 Å². The molecule has 1 unspecified atom stereocenters. The molecule has 6 nitrogen and oxygen atoms in total. The van der Waals surface area contributed by atoms with Crippen molar-refractivity contribution in [2.75, 3.05) is 19.6 Å². The van der Waals surface area contributed by atoms with Crippen LogP contribution in [0.15, 0.2) is 24.3 Å². The van der Waals surface area contributed by atoms with Gasteiger partial charge in [-0.3, -0.25) is 4.79 Å². The second-order valence-electron chi connectivity index (χ2n) is 6.77. The highest BCUT2D eigenvalue weighted by atomic mass is 32.2. The van der Waals surface area contributed by atoms with E-state index in [4.69, 9.17) is 0 Å². The van der Waals surface area contributed by atoms with Crippen molar-refractivity contribution in [1.82, 2.24) is 8.61 Å². The lowest BCUT2D eigenvalue weighted by Gasteiger charge is -2.36. The van der Waals surface area contributed by atoms with Gasteiger partial charge in [0.2, 0.25) is 0 Å². The molecule has 26 heavy (non-hydrogen) atoms. The summed E-state index contributed by atoms with van der Waals surface area (Å²) >= 11 is 0. The van der Waals surface area contributed by atoms with Gasteiger partial charge in [-0.25, -0.2) is 4.39 Å². The van der Waals surface area contributed by atoms with Gasteiger partial charge in [0.05, 0.1) is 0 Å². The molecule has 1 aromatic rings. The van der Waals surface area contributed by atoms with Crippen LogP contribution in [0, 0.1) is 12.7 Å². The molecule has 2 aliphatic rings. The van der Waals surface area contributed by atoms with Crippen LogP contribution >= 0.6 is 0 Å². The number of halogens is 1. The van der Waals surface area contributed by atoms with Crippen molar-refractivity contribution in [3.8, 4) is 0 Å². The molecule has 0 amide bonds. The molecule has 1 N–H and O–H groups in total. The summed E-state index contributed by atoms with van der Waals surface area (Å²) in [5, 5.41) is 9.34. The topological polar surface area (TPSA) is 77.9 Å². The van der Waals surface area contributed by atoms with Crippen LogP contribution < -0.4 is 0 Å². The Labute approximate surface area is 153 Å². The van der Waals surface area contributed by atoms with Crippen molar-refractivity contribution in [3.05, 3.63) is 41.2 Å². The summed E-state index contributed by atoms with van der Waals surface area (Å²) < 4.78 is 41.7. The summed E-state index contributed by atoms with van der Waals surface area (Å²) in [6.07, 6.45) is 4.07. The first-order chi connectivity index (χ1) is 12.3. The SMILES string of the molecule is Cc1cc(C2=CCN(S(=O)(=O)N3CCCCC3C(=O)O)CC2)ccc1F. The molecule has 1 atom stereocenters. The van der Waals surface area contributed by atoms with E-state index in [1.165, 1.54) is 10.4 Å². The molecular weight excluding hydrogens is 359 g/mol. The van der Waals surface area contributed by atoms with Gasteiger partial charge >= 0.3 is 5.97 Å². The van der Waals surface area contributed by atoms with E-state index in [1.807, 2.05) is 6.08 Å². The summed E-state index contributed by atoms with van der Waals surface area (Å²) in [5.74, 6) is -1.36. The normalized spacial score (nSPS) is 22.8. The molecule has 1 saturated heterocycles. The van der Waals surface area contributed by atoms with Crippen LogP contribution in [0.4, 0.5) is 4.39 Å². The van der Waals surface area contributed by atoms with E-state index >= 15 is 0 Å². The molecule has 0 aromatic heterocycles. The maximum absolute atomic E-state index is 13.4. The Morgan fingerprint density at radius 1 is 1.27 bits per heavy atom. The summed E-state index contributed by atoms with van der Waals surface area (Å²) in [6, 6.07) is 3.89. The zero-order chi connectivity index (χ0) is 18.9. The van der Waals surface area contributed by atoms with E-state index in [2.05, 4.69) is 0 Å². The number of carboxylic acids is 1. The number of hydrogen-bond acceptors (Lipinski definition) is 3. The maximum Gasteiger partial charge on any atom is 0.322 e. The molecule has 142 valence electrons. The summed E-state index contributed by atoms with van der Waals surface area (Å²) in [7, 11) is -3.82. The third kappa shape index (κ3) is 3.67. The van der Waals surface area contributed by atoms with E-state index in [-0.39, 0.29) is 25.5 Å². The highest BCUT2D eigenvalue weighted by molar-refractivity contribution is 7.86. The Morgan fingerprint density at radius 2 is 2.04 bits per heavy atom. The Morgan fingerprint density at radius 3 is 2.65 bits per heavy atom. The number of piperidine rings is 1. The smallest absolute Gasteiger partial charge is 0.322 e. The minimum atomic E-state index is -3.82. The molecule has 2 heterocycles.